The largest absolute Gasteiger partial charge is 0.507 e. The molecule has 0 aliphatic heterocycles. The van der Waals surface area contributed by atoms with Gasteiger partial charge in [-0.05, 0) is 35.7 Å². The molecule has 126 valence electrons. The number of carbonyl (C=O) groups is 1. The van der Waals surface area contributed by atoms with Crippen molar-refractivity contribution in [1.82, 2.24) is 5.43 Å². The van der Waals surface area contributed by atoms with E-state index in [1.807, 2.05) is 24.3 Å². The molecule has 0 saturated heterocycles. The fraction of sp³-hybridized carbons (Fsp3) is 0.222. The molecule has 0 atom stereocenters. The number of hydrogen-bond acceptors (Lipinski definition) is 4. The topological polar surface area (TPSA) is 70.9 Å². The number of hydrazone groups is 1. The Kier molecular flexibility index (Phi) is 6.37. The number of para-hydroxylation sites is 1. The van der Waals surface area contributed by atoms with E-state index in [9.17, 15) is 9.90 Å². The van der Waals surface area contributed by atoms with Gasteiger partial charge < -0.3 is 9.84 Å². The van der Waals surface area contributed by atoms with Crippen molar-refractivity contribution in [1.29, 1.82) is 0 Å². The Labute approximate surface area is 149 Å². The number of carbonyl (C=O) groups excluding carboxylic acids is 1. The van der Waals surface area contributed by atoms with Crippen molar-refractivity contribution in [3.05, 3.63) is 58.1 Å². The van der Waals surface area contributed by atoms with Gasteiger partial charge in [0, 0.05) is 10.0 Å². The Bertz CT molecular complexity index is 745. The van der Waals surface area contributed by atoms with Gasteiger partial charge in [-0.2, -0.15) is 5.10 Å². The van der Waals surface area contributed by atoms with Crippen molar-refractivity contribution < 1.29 is 14.6 Å². The number of halogens is 1. The average Bonchev–Trinajstić information content (AvgIpc) is 2.56. The lowest BCUT2D eigenvalue weighted by Crippen LogP contribution is -2.24. The molecular weight excluding hydrogens is 372 g/mol. The van der Waals surface area contributed by atoms with E-state index in [2.05, 4.69) is 40.3 Å². The van der Waals surface area contributed by atoms with Gasteiger partial charge in [0.2, 0.25) is 0 Å². The summed E-state index contributed by atoms with van der Waals surface area (Å²) in [5.74, 6) is 0.704. The molecule has 6 heteroatoms. The molecule has 0 aliphatic carbocycles. The normalized spacial score (nSPS) is 11.0. The number of aromatic hydroxyl groups is 1. The van der Waals surface area contributed by atoms with E-state index in [1.54, 1.807) is 18.2 Å². The van der Waals surface area contributed by atoms with Crippen molar-refractivity contribution in [3.8, 4) is 11.5 Å². The number of amides is 1. The number of ether oxygens (including phenoxy) is 1. The summed E-state index contributed by atoms with van der Waals surface area (Å²) >= 11 is 3.31. The number of benzene rings is 2. The number of phenolic OH excluding ortho intramolecular Hbond substituents is 1. The van der Waals surface area contributed by atoms with Crippen molar-refractivity contribution in [2.75, 3.05) is 6.61 Å². The zero-order valence-electron chi connectivity index (χ0n) is 13.5. The van der Waals surface area contributed by atoms with Gasteiger partial charge in [-0.25, -0.2) is 5.43 Å². The standard InChI is InChI=1S/C18H19BrN2O3/c1-12(2)15-5-3-4-6-17(15)24-11-18(23)21-20-10-13-9-14(19)7-8-16(13)22/h3-10,12,22H,11H2,1-2H3,(H,21,23)/b20-10+. The highest BCUT2D eigenvalue weighted by Gasteiger charge is 2.08. The van der Waals surface area contributed by atoms with E-state index in [0.29, 0.717) is 17.2 Å². The quantitative estimate of drug-likeness (QED) is 0.581. The van der Waals surface area contributed by atoms with Gasteiger partial charge in [0.25, 0.3) is 5.91 Å². The minimum absolute atomic E-state index is 0.0818. The summed E-state index contributed by atoms with van der Waals surface area (Å²) in [5.41, 5.74) is 3.92. The van der Waals surface area contributed by atoms with Crippen molar-refractivity contribution in [2.24, 2.45) is 5.10 Å². The number of nitrogens with one attached hydrogen (secondary N) is 1. The molecule has 0 aliphatic rings. The van der Waals surface area contributed by atoms with Crippen LogP contribution < -0.4 is 10.2 Å². The molecule has 5 nitrogen and oxygen atoms in total. The summed E-state index contributed by atoms with van der Waals surface area (Å²) in [6.45, 7) is 4.00. The molecule has 2 aromatic rings. The Morgan fingerprint density at radius 1 is 1.33 bits per heavy atom. The zero-order chi connectivity index (χ0) is 17.5. The number of nitrogens with zero attached hydrogens (tertiary/aromatic N) is 1. The van der Waals surface area contributed by atoms with Crippen LogP contribution in [0.4, 0.5) is 0 Å². The van der Waals surface area contributed by atoms with Gasteiger partial charge in [0.1, 0.15) is 11.5 Å². The highest BCUT2D eigenvalue weighted by molar-refractivity contribution is 9.10. The lowest BCUT2D eigenvalue weighted by atomic mass is 10.0. The van der Waals surface area contributed by atoms with Crippen molar-refractivity contribution >= 4 is 28.1 Å². The summed E-state index contributed by atoms with van der Waals surface area (Å²) in [6.07, 6.45) is 1.38. The Balaban J connectivity index is 1.90. The molecule has 0 saturated carbocycles. The molecule has 1 amide bonds. The third kappa shape index (κ3) is 5.09. The molecule has 0 spiro atoms. The van der Waals surface area contributed by atoms with Crippen LogP contribution in [-0.2, 0) is 4.79 Å². The van der Waals surface area contributed by atoms with Crippen molar-refractivity contribution in [3.63, 3.8) is 0 Å². The molecule has 0 fully saturated rings. The first-order valence-corrected chi connectivity index (χ1v) is 8.29. The van der Waals surface area contributed by atoms with Gasteiger partial charge in [-0.1, -0.05) is 48.0 Å². The predicted molar refractivity (Wildman–Crippen MR) is 97.6 cm³/mol. The molecule has 2 rings (SSSR count). The third-order valence-corrected chi connectivity index (χ3v) is 3.78. The SMILES string of the molecule is CC(C)c1ccccc1OCC(=O)N/N=C/c1cc(Br)ccc1O. The van der Waals surface area contributed by atoms with Crippen LogP contribution in [0.1, 0.15) is 30.9 Å². The van der Waals surface area contributed by atoms with Crippen LogP contribution in [0.15, 0.2) is 52.0 Å². The molecule has 2 N–H and O–H groups in total. The summed E-state index contributed by atoms with van der Waals surface area (Å²) < 4.78 is 6.37. The molecule has 24 heavy (non-hydrogen) atoms. The van der Waals surface area contributed by atoms with Crippen LogP contribution in [0.2, 0.25) is 0 Å². The number of hydrogen-bond donors (Lipinski definition) is 2. The molecule has 0 unspecified atom stereocenters. The zero-order valence-corrected chi connectivity index (χ0v) is 15.1. The third-order valence-electron chi connectivity index (χ3n) is 3.28. The number of rotatable bonds is 6. The second kappa shape index (κ2) is 8.49. The minimum Gasteiger partial charge on any atom is -0.507 e. The monoisotopic (exact) mass is 390 g/mol. The highest BCUT2D eigenvalue weighted by Crippen LogP contribution is 2.25. The Morgan fingerprint density at radius 3 is 2.83 bits per heavy atom. The van der Waals surface area contributed by atoms with Gasteiger partial charge >= 0.3 is 0 Å². The maximum Gasteiger partial charge on any atom is 0.277 e. The molecular formula is C18H19BrN2O3. The first-order valence-electron chi connectivity index (χ1n) is 7.49. The van der Waals surface area contributed by atoms with Crippen molar-refractivity contribution in [2.45, 2.75) is 19.8 Å². The molecule has 0 aromatic heterocycles. The molecule has 0 bridgehead atoms. The van der Waals surface area contributed by atoms with E-state index in [1.165, 1.54) is 6.21 Å². The fourth-order valence-electron chi connectivity index (χ4n) is 2.07. The lowest BCUT2D eigenvalue weighted by Gasteiger charge is -2.13. The summed E-state index contributed by atoms with van der Waals surface area (Å²) in [4.78, 5) is 11.8. The second-order valence-corrected chi connectivity index (χ2v) is 6.39. The van der Waals surface area contributed by atoms with Crippen LogP contribution in [0.3, 0.4) is 0 Å². The van der Waals surface area contributed by atoms with Crippen LogP contribution in [0, 0.1) is 0 Å². The maximum absolute atomic E-state index is 11.8. The minimum atomic E-state index is -0.376. The van der Waals surface area contributed by atoms with E-state index in [4.69, 9.17) is 4.74 Å². The van der Waals surface area contributed by atoms with Gasteiger partial charge in [-0.15, -0.1) is 0 Å². The van der Waals surface area contributed by atoms with E-state index in [0.717, 1.165) is 10.0 Å². The highest BCUT2D eigenvalue weighted by atomic mass is 79.9. The number of phenols is 1. The lowest BCUT2D eigenvalue weighted by molar-refractivity contribution is -0.123. The van der Waals surface area contributed by atoms with Crippen LogP contribution >= 0.6 is 15.9 Å². The molecule has 0 radical (unpaired) electrons. The van der Waals surface area contributed by atoms with Crippen LogP contribution in [0.25, 0.3) is 0 Å². The van der Waals surface area contributed by atoms with Crippen LogP contribution in [-0.4, -0.2) is 23.8 Å². The summed E-state index contributed by atoms with van der Waals surface area (Å²) in [6, 6.07) is 12.6. The first-order chi connectivity index (χ1) is 11.5. The smallest absolute Gasteiger partial charge is 0.277 e. The summed E-state index contributed by atoms with van der Waals surface area (Å²) in [7, 11) is 0. The van der Waals surface area contributed by atoms with E-state index < -0.39 is 0 Å². The van der Waals surface area contributed by atoms with Crippen LogP contribution in [0.5, 0.6) is 11.5 Å². The van der Waals surface area contributed by atoms with Gasteiger partial charge in [0.15, 0.2) is 6.61 Å². The fourth-order valence-corrected chi connectivity index (χ4v) is 2.45. The van der Waals surface area contributed by atoms with E-state index >= 15 is 0 Å². The predicted octanol–water partition coefficient (Wildman–Crippen LogP) is 3.81. The van der Waals surface area contributed by atoms with E-state index in [-0.39, 0.29) is 18.3 Å². The Morgan fingerprint density at radius 2 is 2.08 bits per heavy atom. The first kappa shape index (κ1) is 18.0. The van der Waals surface area contributed by atoms with Gasteiger partial charge in [-0.3, -0.25) is 4.79 Å². The summed E-state index contributed by atoms with van der Waals surface area (Å²) in [5, 5.41) is 13.5. The van der Waals surface area contributed by atoms with Gasteiger partial charge in [0.05, 0.1) is 6.21 Å². The molecule has 2 aromatic carbocycles. The second-order valence-electron chi connectivity index (χ2n) is 5.48. The molecule has 0 heterocycles. The Hall–Kier alpha value is -2.34. The maximum atomic E-state index is 11.8. The average molecular weight is 391 g/mol.